The van der Waals surface area contributed by atoms with E-state index in [-0.39, 0.29) is 35.4 Å². The summed E-state index contributed by atoms with van der Waals surface area (Å²) in [6.45, 7) is 10.4. The molecule has 0 aromatic carbocycles. The van der Waals surface area contributed by atoms with Crippen LogP contribution in [0.4, 0.5) is 13.2 Å². The summed E-state index contributed by atoms with van der Waals surface area (Å²) in [5.74, 6) is -2.11. The lowest BCUT2D eigenvalue weighted by atomic mass is 9.47. The molecule has 7 heteroatoms. The normalized spacial score (nSPS) is 41.2. The van der Waals surface area contributed by atoms with Crippen LogP contribution >= 0.6 is 0 Å². The number of esters is 1. The van der Waals surface area contributed by atoms with Gasteiger partial charge in [0.1, 0.15) is 0 Å². The van der Waals surface area contributed by atoms with Crippen molar-refractivity contribution in [1.82, 2.24) is 0 Å². The maximum atomic E-state index is 14.2. The van der Waals surface area contributed by atoms with Crippen molar-refractivity contribution in [2.45, 2.75) is 71.6 Å². The molecule has 0 unspecified atom stereocenters. The Morgan fingerprint density at radius 2 is 1.81 bits per heavy atom. The van der Waals surface area contributed by atoms with Gasteiger partial charge in [-0.1, -0.05) is 26.5 Å². The zero-order valence-electron chi connectivity index (χ0n) is 18.9. The van der Waals surface area contributed by atoms with Crippen LogP contribution in [0.2, 0.25) is 0 Å². The van der Waals surface area contributed by atoms with E-state index in [0.717, 1.165) is 0 Å². The fourth-order valence-electron chi connectivity index (χ4n) is 7.47. The van der Waals surface area contributed by atoms with Crippen LogP contribution in [-0.2, 0) is 19.1 Å². The number of fused-ring (bicyclic) bond motifs is 5. The van der Waals surface area contributed by atoms with Crippen molar-refractivity contribution < 1.29 is 32.3 Å². The number of ether oxygens (including phenoxy) is 1. The summed E-state index contributed by atoms with van der Waals surface area (Å²) < 4.78 is 48.2. The van der Waals surface area contributed by atoms with Crippen LogP contribution in [-0.4, -0.2) is 29.3 Å². The average molecular weight is 450 g/mol. The second kappa shape index (κ2) is 6.91. The summed E-state index contributed by atoms with van der Waals surface area (Å²) in [4.78, 5) is 37.0. The van der Waals surface area contributed by atoms with Crippen LogP contribution in [0, 0.1) is 28.6 Å². The minimum absolute atomic E-state index is 0.0979. The lowest BCUT2D eigenvalue weighted by Gasteiger charge is -2.58. The van der Waals surface area contributed by atoms with E-state index >= 15 is 0 Å². The van der Waals surface area contributed by atoms with Gasteiger partial charge in [0.2, 0.25) is 0 Å². The molecule has 2 saturated carbocycles. The highest BCUT2D eigenvalue weighted by Gasteiger charge is 2.70. The summed E-state index contributed by atoms with van der Waals surface area (Å²) in [6, 6.07) is 0. The number of carbonyl (C=O) groups excluding carboxylic acids is 3. The minimum Gasteiger partial charge on any atom is -0.446 e. The zero-order chi connectivity index (χ0) is 23.9. The van der Waals surface area contributed by atoms with Gasteiger partial charge in [0.05, 0.1) is 5.57 Å². The number of rotatable bonds is 2. The van der Waals surface area contributed by atoms with Crippen molar-refractivity contribution in [3.05, 3.63) is 35.5 Å². The summed E-state index contributed by atoms with van der Waals surface area (Å²) in [6.07, 6.45) is -0.0872. The molecule has 0 radical (unpaired) electrons. The van der Waals surface area contributed by atoms with Crippen molar-refractivity contribution in [3.63, 3.8) is 0 Å². The highest BCUT2D eigenvalue weighted by molar-refractivity contribution is 5.93. The first-order chi connectivity index (χ1) is 14.7. The Labute approximate surface area is 186 Å². The van der Waals surface area contributed by atoms with Crippen LogP contribution in [0.25, 0.3) is 0 Å². The first-order valence-electron chi connectivity index (χ1n) is 11.1. The number of allylic oxidation sites excluding steroid dienone is 4. The second-order valence-electron chi connectivity index (χ2n) is 10.4. The summed E-state index contributed by atoms with van der Waals surface area (Å²) in [7, 11) is 0. The number of alkyl halides is 3. The van der Waals surface area contributed by atoms with Crippen LogP contribution in [0.5, 0.6) is 0 Å². The predicted molar refractivity (Wildman–Crippen MR) is 111 cm³/mol. The molecule has 0 aromatic rings. The highest BCUT2D eigenvalue weighted by Crippen LogP contribution is 2.69. The molecule has 0 spiro atoms. The van der Waals surface area contributed by atoms with Crippen molar-refractivity contribution in [2.75, 3.05) is 0 Å². The molecule has 4 aliphatic carbocycles. The molecule has 6 atom stereocenters. The van der Waals surface area contributed by atoms with E-state index in [2.05, 4.69) is 6.58 Å². The maximum Gasteiger partial charge on any atom is 0.416 e. The molecule has 4 nitrogen and oxygen atoms in total. The molecular formula is C25H29F3O4. The van der Waals surface area contributed by atoms with E-state index in [0.29, 0.717) is 31.3 Å². The average Bonchev–Trinajstić information content (AvgIpc) is 2.89. The van der Waals surface area contributed by atoms with Crippen LogP contribution < -0.4 is 0 Å². The number of halogens is 3. The molecule has 2 fully saturated rings. The van der Waals surface area contributed by atoms with Crippen LogP contribution in [0.1, 0.15) is 59.8 Å². The van der Waals surface area contributed by atoms with Gasteiger partial charge in [0.15, 0.2) is 17.2 Å². The Morgan fingerprint density at radius 1 is 1.16 bits per heavy atom. The molecular weight excluding hydrogens is 421 g/mol. The van der Waals surface area contributed by atoms with Gasteiger partial charge in [-0.15, -0.1) is 0 Å². The first kappa shape index (κ1) is 23.0. The van der Waals surface area contributed by atoms with Crippen LogP contribution in [0.3, 0.4) is 0 Å². The Bertz CT molecular complexity index is 990. The third kappa shape index (κ3) is 2.85. The number of hydrogen-bond donors (Lipinski definition) is 0. The van der Waals surface area contributed by atoms with E-state index in [1.807, 2.05) is 13.8 Å². The number of ketones is 2. The lowest BCUT2D eigenvalue weighted by Crippen LogP contribution is -2.59. The minimum atomic E-state index is -4.59. The fourth-order valence-corrected chi connectivity index (χ4v) is 7.47. The fraction of sp³-hybridized carbons (Fsp3) is 0.640. The molecule has 0 amide bonds. The van der Waals surface area contributed by atoms with E-state index < -0.39 is 40.1 Å². The monoisotopic (exact) mass is 450 g/mol. The van der Waals surface area contributed by atoms with Crippen molar-refractivity contribution in [3.8, 4) is 0 Å². The quantitative estimate of drug-likeness (QED) is 0.424. The molecule has 4 rings (SSSR count). The van der Waals surface area contributed by atoms with Gasteiger partial charge in [-0.2, -0.15) is 13.2 Å². The van der Waals surface area contributed by atoms with Crippen molar-refractivity contribution in [2.24, 2.45) is 28.6 Å². The topological polar surface area (TPSA) is 60.4 Å². The predicted octanol–water partition coefficient (Wildman–Crippen LogP) is 5.28. The molecule has 0 aliphatic heterocycles. The maximum absolute atomic E-state index is 14.2. The Morgan fingerprint density at radius 3 is 2.38 bits per heavy atom. The second-order valence-corrected chi connectivity index (χ2v) is 10.4. The van der Waals surface area contributed by atoms with Gasteiger partial charge in [-0.05, 0) is 73.0 Å². The molecule has 0 saturated heterocycles. The number of hydrogen-bond acceptors (Lipinski definition) is 4. The summed E-state index contributed by atoms with van der Waals surface area (Å²) >= 11 is 0. The van der Waals surface area contributed by atoms with Crippen molar-refractivity contribution in [1.29, 1.82) is 0 Å². The van der Waals surface area contributed by atoms with Gasteiger partial charge in [0, 0.05) is 18.8 Å². The van der Waals surface area contributed by atoms with Gasteiger partial charge in [-0.25, -0.2) is 0 Å². The van der Waals surface area contributed by atoms with E-state index in [1.54, 1.807) is 0 Å². The molecule has 0 aromatic heterocycles. The smallest absolute Gasteiger partial charge is 0.416 e. The standard InChI is InChI=1S/C25H29F3O4/c1-13-10-19-17-12-21(25(26,27)28)20-11-16(31)6-8-22(20,4)18(17)7-9-23(19,5)24(13,14(2)29)32-15(3)30/h11-12,17-19H,1,6-10H2,2-5H3/t17-,18+,19+,22-,23+,24-/m1/s1. The Balaban J connectivity index is 1.90. The van der Waals surface area contributed by atoms with Crippen LogP contribution in [0.15, 0.2) is 35.5 Å². The van der Waals surface area contributed by atoms with E-state index in [1.165, 1.54) is 26.0 Å². The van der Waals surface area contributed by atoms with Crippen molar-refractivity contribution >= 4 is 17.5 Å². The summed E-state index contributed by atoms with van der Waals surface area (Å²) in [5, 5.41) is 0. The number of Topliss-reactive ketones (excluding diaryl/α,β-unsaturated/α-hetero) is 1. The largest absolute Gasteiger partial charge is 0.446 e. The van der Waals surface area contributed by atoms with Gasteiger partial charge in [-0.3, -0.25) is 14.4 Å². The highest BCUT2D eigenvalue weighted by atomic mass is 19.4. The number of carbonyl (C=O) groups is 3. The zero-order valence-corrected chi connectivity index (χ0v) is 18.9. The third-order valence-electron chi connectivity index (χ3n) is 8.87. The molecule has 4 aliphatic rings. The van der Waals surface area contributed by atoms with Gasteiger partial charge >= 0.3 is 12.1 Å². The van der Waals surface area contributed by atoms with E-state index in [4.69, 9.17) is 4.74 Å². The summed E-state index contributed by atoms with van der Waals surface area (Å²) in [5.41, 5.74) is -3.33. The molecule has 174 valence electrons. The third-order valence-corrected chi connectivity index (χ3v) is 8.87. The molecule has 0 bridgehead atoms. The lowest BCUT2D eigenvalue weighted by molar-refractivity contribution is -0.180. The van der Waals surface area contributed by atoms with E-state index in [9.17, 15) is 27.6 Å². The Hall–Kier alpha value is -2.18. The molecule has 0 heterocycles. The van der Waals surface area contributed by atoms with Gasteiger partial charge < -0.3 is 4.74 Å². The Kier molecular flexibility index (Phi) is 4.96. The SMILES string of the molecule is C=C1C[C@H]2[C@@H]3C=C(C(F)(F)F)C4=CC(=O)CC[C@]4(C)[C@H]3CC[C@]2(C)[C@]1(OC(C)=O)C(C)=O. The van der Waals surface area contributed by atoms with Gasteiger partial charge in [0.25, 0.3) is 0 Å². The molecule has 0 N–H and O–H groups in total. The first-order valence-corrected chi connectivity index (χ1v) is 11.1. The molecule has 32 heavy (non-hydrogen) atoms.